The molecule has 0 saturated carbocycles. The molecule has 4 heteroatoms. The van der Waals surface area contributed by atoms with E-state index in [0.717, 1.165) is 42.9 Å². The van der Waals surface area contributed by atoms with E-state index in [9.17, 15) is 4.79 Å². The van der Waals surface area contributed by atoms with Gasteiger partial charge in [-0.1, -0.05) is 30.3 Å². The fourth-order valence-electron chi connectivity index (χ4n) is 3.14. The van der Waals surface area contributed by atoms with Gasteiger partial charge in [0.1, 0.15) is 0 Å². The monoisotopic (exact) mass is 354 g/mol. The molecule has 0 unspecified atom stereocenters. The number of hydrogen-bond acceptors (Lipinski definition) is 3. The molecule has 0 aliphatic carbocycles. The molecule has 2 aromatic rings. The molecule has 1 amide bonds. The normalized spacial score (nSPS) is 15.9. The minimum Gasteiger partial charge on any atom is -0.326 e. The van der Waals surface area contributed by atoms with Crippen LogP contribution in [-0.2, 0) is 10.5 Å². The number of carbonyl (C=O) groups excluding carboxylic acids is 1. The van der Waals surface area contributed by atoms with E-state index in [-0.39, 0.29) is 11.8 Å². The van der Waals surface area contributed by atoms with E-state index in [0.29, 0.717) is 0 Å². The molecular weight excluding hydrogens is 328 g/mol. The highest BCUT2D eigenvalue weighted by Gasteiger charge is 2.23. The van der Waals surface area contributed by atoms with Gasteiger partial charge in [0.15, 0.2) is 0 Å². The van der Waals surface area contributed by atoms with Gasteiger partial charge in [-0.2, -0.15) is 0 Å². The second kappa shape index (κ2) is 8.54. The van der Waals surface area contributed by atoms with Crippen molar-refractivity contribution in [2.24, 2.45) is 5.92 Å². The molecule has 1 aliphatic rings. The zero-order valence-electron chi connectivity index (χ0n) is 15.0. The van der Waals surface area contributed by atoms with Crippen LogP contribution in [0.3, 0.4) is 0 Å². The molecule has 25 heavy (non-hydrogen) atoms. The van der Waals surface area contributed by atoms with Crippen molar-refractivity contribution in [1.82, 2.24) is 4.90 Å². The third-order valence-electron chi connectivity index (χ3n) is 4.79. The van der Waals surface area contributed by atoms with Crippen molar-refractivity contribution in [3.63, 3.8) is 0 Å². The topological polar surface area (TPSA) is 32.3 Å². The first-order chi connectivity index (χ1) is 12.1. The summed E-state index contributed by atoms with van der Waals surface area (Å²) in [6, 6.07) is 16.8. The fraction of sp³-hybridized carbons (Fsp3) is 0.381. The number of hydrogen-bond donors (Lipinski definition) is 1. The van der Waals surface area contributed by atoms with Gasteiger partial charge in [0.05, 0.1) is 0 Å². The zero-order valence-corrected chi connectivity index (χ0v) is 15.8. The summed E-state index contributed by atoms with van der Waals surface area (Å²) in [5.74, 6) is 1.25. The Kier molecular flexibility index (Phi) is 6.16. The van der Waals surface area contributed by atoms with Gasteiger partial charge in [-0.25, -0.2) is 0 Å². The summed E-state index contributed by atoms with van der Waals surface area (Å²) in [6.45, 7) is 4.08. The number of thioether (sulfide) groups is 1. The molecule has 0 atom stereocenters. The Morgan fingerprint density at radius 1 is 1.16 bits per heavy atom. The van der Waals surface area contributed by atoms with Gasteiger partial charge in [-0.05, 0) is 69.2 Å². The second-order valence-corrected chi connectivity index (χ2v) is 7.87. The van der Waals surface area contributed by atoms with Crippen molar-refractivity contribution >= 4 is 23.4 Å². The molecular formula is C21H26N2OS. The molecule has 0 radical (unpaired) electrons. The summed E-state index contributed by atoms with van der Waals surface area (Å²) < 4.78 is 0. The molecule has 3 nitrogen and oxygen atoms in total. The summed E-state index contributed by atoms with van der Waals surface area (Å²) in [6.07, 6.45) is 1.90. The van der Waals surface area contributed by atoms with Gasteiger partial charge in [0.2, 0.25) is 5.91 Å². The predicted molar refractivity (Wildman–Crippen MR) is 106 cm³/mol. The lowest BCUT2D eigenvalue weighted by Crippen LogP contribution is -2.36. The number of anilines is 1. The Hall–Kier alpha value is -1.78. The van der Waals surface area contributed by atoms with Crippen LogP contribution in [0.4, 0.5) is 5.69 Å². The Morgan fingerprint density at radius 3 is 2.56 bits per heavy atom. The number of piperidine rings is 1. The summed E-state index contributed by atoms with van der Waals surface area (Å²) in [5, 5.41) is 3.13. The van der Waals surface area contributed by atoms with Crippen molar-refractivity contribution in [3.8, 4) is 0 Å². The van der Waals surface area contributed by atoms with Crippen LogP contribution in [0.15, 0.2) is 53.4 Å². The van der Waals surface area contributed by atoms with E-state index >= 15 is 0 Å². The summed E-state index contributed by atoms with van der Waals surface area (Å²) >= 11 is 1.83. The van der Waals surface area contributed by atoms with Crippen LogP contribution in [0.25, 0.3) is 0 Å². The van der Waals surface area contributed by atoms with Crippen LogP contribution < -0.4 is 5.32 Å². The maximum atomic E-state index is 12.5. The molecule has 0 bridgehead atoms. The minimum absolute atomic E-state index is 0.143. The number of benzene rings is 2. The van der Waals surface area contributed by atoms with Gasteiger partial charge in [-0.15, -0.1) is 11.8 Å². The molecule has 1 saturated heterocycles. The lowest BCUT2D eigenvalue weighted by molar-refractivity contribution is -0.121. The highest BCUT2D eigenvalue weighted by molar-refractivity contribution is 7.98. The first-order valence-corrected chi connectivity index (χ1v) is 9.87. The zero-order chi connectivity index (χ0) is 17.6. The number of aryl methyl sites for hydroxylation is 1. The molecule has 3 rings (SSSR count). The Labute approximate surface area is 154 Å². The highest BCUT2D eigenvalue weighted by atomic mass is 32.2. The predicted octanol–water partition coefficient (Wildman–Crippen LogP) is 4.57. The van der Waals surface area contributed by atoms with Crippen LogP contribution in [0, 0.1) is 12.8 Å². The van der Waals surface area contributed by atoms with E-state index in [2.05, 4.69) is 60.6 Å². The number of nitrogens with one attached hydrogen (secondary N) is 1. The number of nitrogens with zero attached hydrogens (tertiary/aromatic N) is 1. The van der Waals surface area contributed by atoms with Crippen LogP contribution in [-0.4, -0.2) is 30.9 Å². The number of carbonyl (C=O) groups is 1. The lowest BCUT2D eigenvalue weighted by atomic mass is 9.96. The average Bonchev–Trinajstić information content (AvgIpc) is 2.63. The molecule has 1 aliphatic heterocycles. The van der Waals surface area contributed by atoms with Gasteiger partial charge >= 0.3 is 0 Å². The van der Waals surface area contributed by atoms with Gasteiger partial charge in [0, 0.05) is 22.3 Å². The summed E-state index contributed by atoms with van der Waals surface area (Å²) in [5.41, 5.74) is 3.36. The van der Waals surface area contributed by atoms with Crippen molar-refractivity contribution < 1.29 is 4.79 Å². The molecule has 2 aromatic carbocycles. The molecule has 0 spiro atoms. The largest absolute Gasteiger partial charge is 0.326 e. The molecule has 132 valence electrons. The Balaban J connectivity index is 1.57. The van der Waals surface area contributed by atoms with Crippen LogP contribution in [0.2, 0.25) is 0 Å². The van der Waals surface area contributed by atoms with Crippen molar-refractivity contribution in [3.05, 3.63) is 59.7 Å². The maximum Gasteiger partial charge on any atom is 0.227 e. The molecule has 1 fully saturated rings. The number of amides is 1. The maximum absolute atomic E-state index is 12.5. The molecule has 1 N–H and O–H groups in total. The van der Waals surface area contributed by atoms with Gasteiger partial charge in [-0.3, -0.25) is 4.79 Å². The van der Waals surface area contributed by atoms with Gasteiger partial charge in [0.25, 0.3) is 0 Å². The average molecular weight is 355 g/mol. The quantitative estimate of drug-likeness (QED) is 0.799. The van der Waals surface area contributed by atoms with Crippen molar-refractivity contribution in [1.29, 1.82) is 0 Å². The van der Waals surface area contributed by atoms with Crippen LogP contribution >= 0.6 is 11.8 Å². The first kappa shape index (κ1) is 18.0. The lowest BCUT2D eigenvalue weighted by Gasteiger charge is -2.28. The van der Waals surface area contributed by atoms with E-state index in [1.807, 2.05) is 23.9 Å². The van der Waals surface area contributed by atoms with E-state index in [4.69, 9.17) is 0 Å². The third kappa shape index (κ3) is 5.10. The van der Waals surface area contributed by atoms with E-state index in [1.54, 1.807) is 0 Å². The molecule has 1 heterocycles. The van der Waals surface area contributed by atoms with Crippen molar-refractivity contribution in [2.45, 2.75) is 30.4 Å². The third-order valence-corrected chi connectivity index (χ3v) is 5.87. The summed E-state index contributed by atoms with van der Waals surface area (Å²) in [4.78, 5) is 16.1. The first-order valence-electron chi connectivity index (χ1n) is 8.88. The van der Waals surface area contributed by atoms with E-state index < -0.39 is 0 Å². The number of rotatable bonds is 5. The summed E-state index contributed by atoms with van der Waals surface area (Å²) in [7, 11) is 2.12. The Morgan fingerprint density at radius 2 is 1.88 bits per heavy atom. The fourth-order valence-corrected chi connectivity index (χ4v) is 4.01. The number of likely N-dealkylation sites (tertiary alicyclic amines) is 1. The second-order valence-electron chi connectivity index (χ2n) is 6.82. The van der Waals surface area contributed by atoms with Crippen LogP contribution in [0.1, 0.15) is 24.0 Å². The standard InChI is InChI=1S/C21H26N2OS/c1-16-14-17(15-25-19-6-4-3-5-7-19)8-9-20(16)22-21(24)18-10-12-23(2)13-11-18/h3-9,14,18H,10-13,15H2,1-2H3,(H,22,24). The van der Waals surface area contributed by atoms with E-state index in [1.165, 1.54) is 10.5 Å². The highest BCUT2D eigenvalue weighted by Crippen LogP contribution is 2.26. The van der Waals surface area contributed by atoms with Crippen molar-refractivity contribution in [2.75, 3.05) is 25.5 Å². The molecule has 0 aromatic heterocycles. The van der Waals surface area contributed by atoms with Crippen LogP contribution in [0.5, 0.6) is 0 Å². The SMILES string of the molecule is Cc1cc(CSc2ccccc2)ccc1NC(=O)C1CCN(C)CC1. The van der Waals surface area contributed by atoms with Gasteiger partial charge < -0.3 is 10.2 Å². The Bertz CT molecular complexity index is 709. The minimum atomic E-state index is 0.143. The smallest absolute Gasteiger partial charge is 0.227 e.